The largest absolute Gasteiger partial charge is 0.444 e. The summed E-state index contributed by atoms with van der Waals surface area (Å²) in [7, 11) is -0.463. The molecule has 0 atom stereocenters. The van der Waals surface area contributed by atoms with Crippen LogP contribution in [0.2, 0.25) is 0 Å². The molecule has 0 spiro atoms. The summed E-state index contributed by atoms with van der Waals surface area (Å²) in [5.41, 5.74) is 1.69. The topological polar surface area (TPSA) is 87.0 Å². The van der Waals surface area contributed by atoms with E-state index in [1.54, 1.807) is 30.3 Å². The number of hydrogen-bond acceptors (Lipinski definition) is 6. The Bertz CT molecular complexity index is 998. The molecule has 0 N–H and O–H groups in total. The highest BCUT2D eigenvalue weighted by Gasteiger charge is 2.21. The van der Waals surface area contributed by atoms with E-state index in [1.807, 2.05) is 18.7 Å². The monoisotopic (exact) mass is 432 g/mol. The molecule has 1 fully saturated rings. The molecule has 9 heteroatoms. The smallest absolute Gasteiger partial charge is 0.246 e. The van der Waals surface area contributed by atoms with Gasteiger partial charge in [0.2, 0.25) is 21.8 Å². The zero-order chi connectivity index (χ0) is 21.9. The van der Waals surface area contributed by atoms with Gasteiger partial charge in [0, 0.05) is 46.4 Å². The Hall–Kier alpha value is -2.49. The summed E-state index contributed by atoms with van der Waals surface area (Å²) in [5, 5.41) is 0. The fourth-order valence-electron chi connectivity index (χ4n) is 3.16. The molecule has 162 valence electrons. The molecule has 1 aromatic heterocycles. The van der Waals surface area contributed by atoms with Crippen molar-refractivity contribution in [2.24, 2.45) is 0 Å². The van der Waals surface area contributed by atoms with Crippen molar-refractivity contribution >= 4 is 22.0 Å². The van der Waals surface area contributed by atoms with E-state index in [1.165, 1.54) is 24.5 Å². The minimum Gasteiger partial charge on any atom is -0.444 e. The minimum atomic E-state index is -3.45. The zero-order valence-electron chi connectivity index (χ0n) is 17.8. The van der Waals surface area contributed by atoms with E-state index in [0.717, 1.165) is 30.1 Å². The Balaban J connectivity index is 1.52. The van der Waals surface area contributed by atoms with Crippen molar-refractivity contribution in [3.63, 3.8) is 0 Å². The lowest BCUT2D eigenvalue weighted by molar-refractivity contribution is -0.127. The molecule has 0 aliphatic carbocycles. The van der Waals surface area contributed by atoms with Crippen molar-refractivity contribution in [3.05, 3.63) is 53.2 Å². The second kappa shape index (κ2) is 9.11. The van der Waals surface area contributed by atoms with Gasteiger partial charge < -0.3 is 9.32 Å². The van der Waals surface area contributed by atoms with E-state index in [4.69, 9.17) is 4.42 Å². The van der Waals surface area contributed by atoms with Crippen LogP contribution in [-0.2, 0) is 21.4 Å². The lowest BCUT2D eigenvalue weighted by atomic mass is 10.2. The Morgan fingerprint density at radius 1 is 1.13 bits per heavy atom. The van der Waals surface area contributed by atoms with Gasteiger partial charge in [-0.15, -0.1) is 0 Å². The number of piperazine rings is 1. The maximum Gasteiger partial charge on any atom is 0.246 e. The number of rotatable bonds is 6. The van der Waals surface area contributed by atoms with E-state index in [2.05, 4.69) is 9.88 Å². The molecule has 0 saturated carbocycles. The van der Waals surface area contributed by atoms with Crippen LogP contribution in [0.1, 0.15) is 22.9 Å². The highest BCUT2D eigenvalue weighted by molar-refractivity contribution is 7.89. The summed E-state index contributed by atoms with van der Waals surface area (Å²) in [6, 6.07) is 6.48. The average molecular weight is 433 g/mol. The molecule has 1 amide bonds. The van der Waals surface area contributed by atoms with Gasteiger partial charge in [-0.3, -0.25) is 9.69 Å². The predicted octanol–water partition coefficient (Wildman–Crippen LogP) is 1.90. The molecule has 0 unspecified atom stereocenters. The van der Waals surface area contributed by atoms with Crippen LogP contribution in [0.4, 0.5) is 0 Å². The number of oxazole rings is 1. The molecule has 1 aromatic carbocycles. The third kappa shape index (κ3) is 5.16. The number of benzene rings is 1. The third-order valence-electron chi connectivity index (χ3n) is 5.19. The number of nitrogens with zero attached hydrogens (tertiary/aromatic N) is 4. The molecular weight excluding hydrogens is 404 g/mol. The summed E-state index contributed by atoms with van der Waals surface area (Å²) < 4.78 is 31.0. The van der Waals surface area contributed by atoms with Crippen LogP contribution in [0.25, 0.3) is 6.08 Å². The molecule has 1 aliphatic rings. The number of amides is 1. The Morgan fingerprint density at radius 3 is 2.30 bits per heavy atom. The second-order valence-corrected chi connectivity index (χ2v) is 9.69. The highest BCUT2D eigenvalue weighted by Crippen LogP contribution is 2.15. The molecule has 2 heterocycles. The van der Waals surface area contributed by atoms with Gasteiger partial charge >= 0.3 is 0 Å². The molecule has 3 rings (SSSR count). The van der Waals surface area contributed by atoms with Gasteiger partial charge in [-0.05, 0) is 37.6 Å². The summed E-state index contributed by atoms with van der Waals surface area (Å²) in [6.07, 6.45) is 3.24. The maximum absolute atomic E-state index is 12.5. The van der Waals surface area contributed by atoms with Crippen LogP contribution >= 0.6 is 0 Å². The van der Waals surface area contributed by atoms with Gasteiger partial charge in [0.05, 0.1) is 17.1 Å². The van der Waals surface area contributed by atoms with Crippen molar-refractivity contribution in [1.82, 2.24) is 19.1 Å². The summed E-state index contributed by atoms with van der Waals surface area (Å²) >= 11 is 0. The van der Waals surface area contributed by atoms with Gasteiger partial charge in [-0.1, -0.05) is 12.1 Å². The van der Waals surface area contributed by atoms with E-state index >= 15 is 0 Å². The summed E-state index contributed by atoms with van der Waals surface area (Å²) in [4.78, 5) is 21.2. The maximum atomic E-state index is 12.5. The normalized spacial score (nSPS) is 16.0. The molecule has 30 heavy (non-hydrogen) atoms. The number of aryl methyl sites for hydroxylation is 2. The van der Waals surface area contributed by atoms with Crippen molar-refractivity contribution < 1.29 is 17.6 Å². The lowest BCUT2D eigenvalue weighted by Crippen LogP contribution is -2.47. The number of sulfonamides is 1. The van der Waals surface area contributed by atoms with Crippen LogP contribution in [-0.4, -0.2) is 73.7 Å². The molecule has 1 saturated heterocycles. The lowest BCUT2D eigenvalue weighted by Gasteiger charge is -2.33. The van der Waals surface area contributed by atoms with E-state index in [-0.39, 0.29) is 10.8 Å². The van der Waals surface area contributed by atoms with E-state index in [9.17, 15) is 13.2 Å². The molecule has 0 bridgehead atoms. The summed E-state index contributed by atoms with van der Waals surface area (Å²) in [5.74, 6) is 1.50. The fourth-order valence-corrected chi connectivity index (χ4v) is 4.06. The quantitative estimate of drug-likeness (QED) is 0.648. The third-order valence-corrected chi connectivity index (χ3v) is 7.02. The standard InChI is InChI=1S/C21H28N4O4S/c1-16-17(2)29-20(22-16)15-24-11-13-25(14-12-24)21(26)10-7-18-5-8-19(9-6-18)30(27,28)23(3)4/h5-10H,11-15H2,1-4H3/b10-7+. The second-order valence-electron chi connectivity index (χ2n) is 7.54. The average Bonchev–Trinajstić information content (AvgIpc) is 3.03. The predicted molar refractivity (Wildman–Crippen MR) is 114 cm³/mol. The molecule has 0 radical (unpaired) electrons. The van der Waals surface area contributed by atoms with Crippen LogP contribution in [0, 0.1) is 13.8 Å². The van der Waals surface area contributed by atoms with Gasteiger partial charge in [0.25, 0.3) is 0 Å². The Morgan fingerprint density at radius 2 is 1.77 bits per heavy atom. The first-order valence-corrected chi connectivity index (χ1v) is 11.3. The minimum absolute atomic E-state index is 0.0533. The number of hydrogen-bond donors (Lipinski definition) is 0. The zero-order valence-corrected chi connectivity index (χ0v) is 18.6. The van der Waals surface area contributed by atoms with Crippen molar-refractivity contribution in [2.45, 2.75) is 25.3 Å². The Labute approximate surface area is 177 Å². The van der Waals surface area contributed by atoms with Gasteiger partial charge in [-0.25, -0.2) is 17.7 Å². The number of carbonyl (C=O) groups excluding carboxylic acids is 1. The van der Waals surface area contributed by atoms with E-state index in [0.29, 0.717) is 25.5 Å². The van der Waals surface area contributed by atoms with Gasteiger partial charge in [0.1, 0.15) is 5.76 Å². The van der Waals surface area contributed by atoms with Gasteiger partial charge in [-0.2, -0.15) is 0 Å². The molecular formula is C21H28N4O4S. The van der Waals surface area contributed by atoms with Crippen LogP contribution < -0.4 is 0 Å². The first kappa shape index (κ1) is 22.2. The van der Waals surface area contributed by atoms with Crippen LogP contribution in [0.15, 0.2) is 39.7 Å². The molecule has 1 aliphatic heterocycles. The number of aromatic nitrogens is 1. The SMILES string of the molecule is Cc1nc(CN2CCN(C(=O)/C=C/c3ccc(S(=O)(=O)N(C)C)cc3)CC2)oc1C. The van der Waals surface area contributed by atoms with Crippen molar-refractivity contribution in [2.75, 3.05) is 40.3 Å². The molecule has 2 aromatic rings. The van der Waals surface area contributed by atoms with Crippen molar-refractivity contribution in [3.8, 4) is 0 Å². The van der Waals surface area contributed by atoms with Crippen LogP contribution in [0.3, 0.4) is 0 Å². The van der Waals surface area contributed by atoms with Crippen LogP contribution in [0.5, 0.6) is 0 Å². The first-order valence-electron chi connectivity index (χ1n) is 9.81. The van der Waals surface area contributed by atoms with Gasteiger partial charge in [0.15, 0.2) is 0 Å². The van der Waals surface area contributed by atoms with E-state index < -0.39 is 10.0 Å². The molecule has 8 nitrogen and oxygen atoms in total. The Kier molecular flexibility index (Phi) is 6.74. The highest BCUT2D eigenvalue weighted by atomic mass is 32.2. The summed E-state index contributed by atoms with van der Waals surface area (Å²) in [6.45, 7) is 7.29. The fraction of sp³-hybridized carbons (Fsp3) is 0.429. The van der Waals surface area contributed by atoms with Crippen molar-refractivity contribution in [1.29, 1.82) is 0 Å². The first-order chi connectivity index (χ1) is 14.2. The number of carbonyl (C=O) groups is 1.